The number of hydrogen-bond acceptors (Lipinski definition) is 3. The van der Waals surface area contributed by atoms with Gasteiger partial charge in [-0.25, -0.2) is 0 Å². The van der Waals surface area contributed by atoms with Crippen molar-refractivity contribution in [2.24, 2.45) is 0 Å². The molecule has 1 aromatic rings. The van der Waals surface area contributed by atoms with Crippen molar-refractivity contribution >= 4 is 5.91 Å². The monoisotopic (exact) mass is 248 g/mol. The van der Waals surface area contributed by atoms with Gasteiger partial charge in [-0.1, -0.05) is 24.3 Å². The van der Waals surface area contributed by atoms with Crippen LogP contribution in [0.25, 0.3) is 0 Å². The second kappa shape index (κ2) is 6.52. The Kier molecular flexibility index (Phi) is 4.73. The van der Waals surface area contributed by atoms with Crippen LogP contribution in [0, 0.1) is 0 Å². The van der Waals surface area contributed by atoms with Crippen molar-refractivity contribution < 1.29 is 9.53 Å². The van der Waals surface area contributed by atoms with Gasteiger partial charge in [0.2, 0.25) is 5.91 Å². The molecule has 1 aliphatic rings. The number of methoxy groups -OCH3 is 1. The first-order valence-electron chi connectivity index (χ1n) is 6.35. The van der Waals surface area contributed by atoms with Crippen molar-refractivity contribution in [1.29, 1.82) is 0 Å². The lowest BCUT2D eigenvalue weighted by molar-refractivity contribution is -0.120. The van der Waals surface area contributed by atoms with Crippen molar-refractivity contribution in [2.45, 2.75) is 32.0 Å². The van der Waals surface area contributed by atoms with Gasteiger partial charge in [0.05, 0.1) is 13.2 Å². The average Bonchev–Trinajstić information content (AvgIpc) is 3.14. The molecule has 0 saturated heterocycles. The van der Waals surface area contributed by atoms with Gasteiger partial charge in [0.15, 0.2) is 0 Å². The van der Waals surface area contributed by atoms with E-state index in [9.17, 15) is 4.79 Å². The van der Waals surface area contributed by atoms with Crippen molar-refractivity contribution in [3.8, 4) is 0 Å². The summed E-state index contributed by atoms with van der Waals surface area (Å²) in [7, 11) is 1.69. The summed E-state index contributed by atoms with van der Waals surface area (Å²) in [6, 6.07) is 8.62. The number of carbonyl (C=O) groups is 1. The number of nitrogens with one attached hydrogen (secondary N) is 2. The molecule has 0 spiro atoms. The summed E-state index contributed by atoms with van der Waals surface area (Å²) in [6.45, 7) is 1.71. The fourth-order valence-electron chi connectivity index (χ4n) is 1.82. The number of rotatable bonds is 7. The third-order valence-electron chi connectivity index (χ3n) is 2.86. The Morgan fingerprint density at radius 2 is 2.17 bits per heavy atom. The summed E-state index contributed by atoms with van der Waals surface area (Å²) >= 11 is 0. The normalized spacial score (nSPS) is 14.5. The van der Waals surface area contributed by atoms with Crippen LogP contribution in [-0.2, 0) is 22.7 Å². The Morgan fingerprint density at radius 3 is 2.89 bits per heavy atom. The van der Waals surface area contributed by atoms with E-state index < -0.39 is 0 Å². The molecular formula is C14H20N2O2. The van der Waals surface area contributed by atoms with E-state index in [1.807, 2.05) is 18.2 Å². The van der Waals surface area contributed by atoms with Crippen LogP contribution in [0.2, 0.25) is 0 Å². The van der Waals surface area contributed by atoms with Crippen LogP contribution in [0.1, 0.15) is 24.0 Å². The van der Waals surface area contributed by atoms with Crippen LogP contribution < -0.4 is 10.6 Å². The molecule has 2 rings (SSSR count). The van der Waals surface area contributed by atoms with Crippen LogP contribution >= 0.6 is 0 Å². The SMILES string of the molecule is COCc1cccc(CNCC(=O)NC2CC2)c1. The van der Waals surface area contributed by atoms with E-state index in [4.69, 9.17) is 4.74 Å². The van der Waals surface area contributed by atoms with Crippen LogP contribution in [-0.4, -0.2) is 25.6 Å². The predicted octanol–water partition coefficient (Wildman–Crippen LogP) is 1.20. The molecule has 1 fully saturated rings. The molecule has 0 heterocycles. The van der Waals surface area contributed by atoms with Gasteiger partial charge in [-0.15, -0.1) is 0 Å². The second-order valence-electron chi connectivity index (χ2n) is 4.70. The summed E-state index contributed by atoms with van der Waals surface area (Å²) in [5, 5.41) is 6.10. The molecule has 98 valence electrons. The summed E-state index contributed by atoms with van der Waals surface area (Å²) in [6.07, 6.45) is 2.26. The smallest absolute Gasteiger partial charge is 0.234 e. The molecule has 18 heavy (non-hydrogen) atoms. The summed E-state index contributed by atoms with van der Waals surface area (Å²) in [5.74, 6) is 0.0885. The Bertz CT molecular complexity index is 403. The zero-order valence-electron chi connectivity index (χ0n) is 10.7. The van der Waals surface area contributed by atoms with Gasteiger partial charge in [0, 0.05) is 19.7 Å². The summed E-state index contributed by atoms with van der Waals surface area (Å²) < 4.78 is 5.09. The molecule has 0 bridgehead atoms. The van der Waals surface area contributed by atoms with Gasteiger partial charge in [0.25, 0.3) is 0 Å². The molecule has 1 aliphatic carbocycles. The highest BCUT2D eigenvalue weighted by Crippen LogP contribution is 2.18. The molecule has 0 unspecified atom stereocenters. The Labute approximate surface area is 108 Å². The van der Waals surface area contributed by atoms with Gasteiger partial charge in [0.1, 0.15) is 0 Å². The third kappa shape index (κ3) is 4.47. The fraction of sp³-hybridized carbons (Fsp3) is 0.500. The van der Waals surface area contributed by atoms with Crippen LogP contribution in [0.3, 0.4) is 0 Å². The molecule has 1 amide bonds. The van der Waals surface area contributed by atoms with E-state index in [1.165, 1.54) is 5.56 Å². The lowest BCUT2D eigenvalue weighted by atomic mass is 10.1. The maximum absolute atomic E-state index is 11.5. The molecule has 1 aromatic carbocycles. The van der Waals surface area contributed by atoms with E-state index in [0.29, 0.717) is 25.7 Å². The van der Waals surface area contributed by atoms with Crippen molar-refractivity contribution in [1.82, 2.24) is 10.6 Å². The van der Waals surface area contributed by atoms with Gasteiger partial charge in [-0.2, -0.15) is 0 Å². The molecule has 0 atom stereocenters. The van der Waals surface area contributed by atoms with Crippen LogP contribution in [0.4, 0.5) is 0 Å². The minimum Gasteiger partial charge on any atom is -0.380 e. The number of hydrogen-bond donors (Lipinski definition) is 2. The third-order valence-corrected chi connectivity index (χ3v) is 2.86. The van der Waals surface area contributed by atoms with E-state index in [0.717, 1.165) is 18.4 Å². The van der Waals surface area contributed by atoms with Crippen molar-refractivity contribution in [3.05, 3.63) is 35.4 Å². The lowest BCUT2D eigenvalue weighted by Gasteiger charge is -2.07. The van der Waals surface area contributed by atoms with E-state index >= 15 is 0 Å². The molecule has 0 aliphatic heterocycles. The fourth-order valence-corrected chi connectivity index (χ4v) is 1.82. The standard InChI is InChI=1S/C14H20N2O2/c1-18-10-12-4-2-3-11(7-12)8-15-9-14(17)16-13-5-6-13/h2-4,7,13,15H,5-6,8-10H2,1H3,(H,16,17). The van der Waals surface area contributed by atoms with Crippen molar-refractivity contribution in [2.75, 3.05) is 13.7 Å². The number of carbonyl (C=O) groups excluding carboxylic acids is 1. The van der Waals surface area contributed by atoms with Gasteiger partial charge in [-0.05, 0) is 24.0 Å². The highest BCUT2D eigenvalue weighted by molar-refractivity contribution is 5.78. The largest absolute Gasteiger partial charge is 0.380 e. The topological polar surface area (TPSA) is 50.4 Å². The van der Waals surface area contributed by atoms with Crippen LogP contribution in [0.15, 0.2) is 24.3 Å². The first kappa shape index (κ1) is 13.1. The number of amides is 1. The average molecular weight is 248 g/mol. The maximum atomic E-state index is 11.5. The molecule has 4 nitrogen and oxygen atoms in total. The predicted molar refractivity (Wildman–Crippen MR) is 70.0 cm³/mol. The minimum absolute atomic E-state index is 0.0885. The minimum atomic E-state index is 0.0885. The highest BCUT2D eigenvalue weighted by Gasteiger charge is 2.22. The molecular weight excluding hydrogens is 228 g/mol. The number of ether oxygens (including phenoxy) is 1. The zero-order chi connectivity index (χ0) is 12.8. The van der Waals surface area contributed by atoms with Gasteiger partial charge < -0.3 is 15.4 Å². The highest BCUT2D eigenvalue weighted by atomic mass is 16.5. The van der Waals surface area contributed by atoms with Gasteiger partial charge in [-0.3, -0.25) is 4.79 Å². The maximum Gasteiger partial charge on any atom is 0.234 e. The van der Waals surface area contributed by atoms with E-state index in [1.54, 1.807) is 7.11 Å². The second-order valence-corrected chi connectivity index (χ2v) is 4.70. The lowest BCUT2D eigenvalue weighted by Crippen LogP contribution is -2.34. The summed E-state index contributed by atoms with van der Waals surface area (Å²) in [5.41, 5.74) is 2.32. The molecule has 0 radical (unpaired) electrons. The zero-order valence-corrected chi connectivity index (χ0v) is 10.7. The summed E-state index contributed by atoms with van der Waals surface area (Å²) in [4.78, 5) is 11.5. The van der Waals surface area contributed by atoms with Crippen molar-refractivity contribution in [3.63, 3.8) is 0 Å². The first-order valence-corrected chi connectivity index (χ1v) is 6.35. The van der Waals surface area contributed by atoms with E-state index in [2.05, 4.69) is 16.7 Å². The molecule has 0 aromatic heterocycles. The molecule has 1 saturated carbocycles. The Morgan fingerprint density at radius 1 is 1.39 bits per heavy atom. The quantitative estimate of drug-likeness (QED) is 0.762. The number of benzene rings is 1. The molecule has 2 N–H and O–H groups in total. The van der Waals surface area contributed by atoms with E-state index in [-0.39, 0.29) is 5.91 Å². The Balaban J connectivity index is 1.71. The first-order chi connectivity index (χ1) is 8.78. The Hall–Kier alpha value is -1.39. The van der Waals surface area contributed by atoms with Crippen LogP contribution in [0.5, 0.6) is 0 Å². The molecule has 4 heteroatoms. The van der Waals surface area contributed by atoms with Gasteiger partial charge >= 0.3 is 0 Å².